The molecule has 232 valence electrons. The number of hydrogen-bond donors (Lipinski definition) is 0. The smallest absolute Gasteiger partial charge is 0.305 e. The topological polar surface area (TPSA) is 26.3 Å². The number of rotatable bonds is 32. The Balaban J connectivity index is 3.19. The van der Waals surface area contributed by atoms with E-state index in [4.69, 9.17) is 4.74 Å². The summed E-state index contributed by atoms with van der Waals surface area (Å²) >= 11 is 0. The van der Waals surface area contributed by atoms with E-state index in [0.29, 0.717) is 13.0 Å². The van der Waals surface area contributed by atoms with Crippen molar-refractivity contribution in [3.05, 3.63) is 12.2 Å². The molecule has 39 heavy (non-hydrogen) atoms. The lowest BCUT2D eigenvalue weighted by Crippen LogP contribution is -2.05. The molecule has 0 N–H and O–H groups in total. The normalized spacial score (nSPS) is 12.4. The summed E-state index contributed by atoms with van der Waals surface area (Å²) in [5, 5.41) is 0. The van der Waals surface area contributed by atoms with E-state index in [-0.39, 0.29) is 5.97 Å². The minimum Gasteiger partial charge on any atom is -0.466 e. The molecule has 0 radical (unpaired) electrons. The fourth-order valence-electron chi connectivity index (χ4n) is 5.34. The lowest BCUT2D eigenvalue weighted by atomic mass is 9.99. The quantitative estimate of drug-likeness (QED) is 0.0474. The molecule has 0 heterocycles. The molecule has 0 aromatic carbocycles. The van der Waals surface area contributed by atoms with E-state index in [2.05, 4.69) is 32.9 Å². The summed E-state index contributed by atoms with van der Waals surface area (Å²) in [6, 6.07) is 0. The largest absolute Gasteiger partial charge is 0.466 e. The third kappa shape index (κ3) is 33.3. The number of carbonyl (C=O) groups is 1. The summed E-state index contributed by atoms with van der Waals surface area (Å²) in [6.45, 7) is 7.59. The van der Waals surface area contributed by atoms with Crippen molar-refractivity contribution in [1.29, 1.82) is 0 Å². The first kappa shape index (κ1) is 38.2. The molecule has 0 fully saturated rings. The zero-order chi connectivity index (χ0) is 28.5. The summed E-state index contributed by atoms with van der Waals surface area (Å²) in [5.41, 5.74) is 0. The highest BCUT2D eigenvalue weighted by atomic mass is 16.5. The summed E-state index contributed by atoms with van der Waals surface area (Å²) in [6.07, 6.45) is 42.6. The van der Waals surface area contributed by atoms with E-state index in [1.165, 1.54) is 167 Å². The van der Waals surface area contributed by atoms with Crippen molar-refractivity contribution in [2.24, 2.45) is 5.92 Å². The first-order chi connectivity index (χ1) is 19.2. The molecule has 0 rings (SSSR count). The molecule has 0 aliphatic rings. The van der Waals surface area contributed by atoms with Gasteiger partial charge in [0, 0.05) is 6.42 Å². The Kier molecular flexibility index (Phi) is 32.7. The van der Waals surface area contributed by atoms with E-state index in [1.807, 2.05) is 0 Å². The van der Waals surface area contributed by atoms with Gasteiger partial charge in [-0.25, -0.2) is 0 Å². The van der Waals surface area contributed by atoms with Gasteiger partial charge in [-0.05, 0) is 44.4 Å². The van der Waals surface area contributed by atoms with Crippen molar-refractivity contribution in [2.75, 3.05) is 6.61 Å². The van der Waals surface area contributed by atoms with Gasteiger partial charge in [0.05, 0.1) is 6.61 Å². The van der Waals surface area contributed by atoms with Gasteiger partial charge in [-0.2, -0.15) is 0 Å². The Hall–Kier alpha value is -0.790. The van der Waals surface area contributed by atoms with Crippen LogP contribution >= 0.6 is 0 Å². The fraction of sp³-hybridized carbons (Fsp3) is 0.919. The van der Waals surface area contributed by atoms with Crippen LogP contribution in [0.5, 0.6) is 0 Å². The number of allylic oxidation sites excluding steroid dienone is 2. The molecule has 1 atom stereocenters. The zero-order valence-electron chi connectivity index (χ0n) is 27.3. The second-order valence-electron chi connectivity index (χ2n) is 12.5. The second kappa shape index (κ2) is 33.4. The Bertz CT molecular complexity index is 498. The van der Waals surface area contributed by atoms with Crippen molar-refractivity contribution in [3.8, 4) is 0 Å². The van der Waals surface area contributed by atoms with Gasteiger partial charge in [0.25, 0.3) is 0 Å². The molecule has 0 bridgehead atoms. The summed E-state index contributed by atoms with van der Waals surface area (Å²) in [5.74, 6) is 0.940. The van der Waals surface area contributed by atoms with Crippen LogP contribution in [0.4, 0.5) is 0 Å². The van der Waals surface area contributed by atoms with E-state index < -0.39 is 0 Å². The Morgan fingerprint density at radius 3 is 1.44 bits per heavy atom. The van der Waals surface area contributed by atoms with Crippen LogP contribution in [0.2, 0.25) is 0 Å². The van der Waals surface area contributed by atoms with Gasteiger partial charge >= 0.3 is 5.97 Å². The van der Waals surface area contributed by atoms with Gasteiger partial charge in [-0.1, -0.05) is 174 Å². The second-order valence-corrected chi connectivity index (χ2v) is 12.5. The molecule has 0 saturated heterocycles. The van der Waals surface area contributed by atoms with Gasteiger partial charge in [0.1, 0.15) is 0 Å². The first-order valence-corrected chi connectivity index (χ1v) is 18.0. The van der Waals surface area contributed by atoms with Crippen LogP contribution in [0.3, 0.4) is 0 Å². The summed E-state index contributed by atoms with van der Waals surface area (Å²) in [7, 11) is 0. The standard InChI is InChI=1S/C37H72O2/c1-4-6-7-8-9-10-11-12-13-14-15-16-19-22-25-28-31-34-37(38)39-35-32-29-26-23-20-17-18-21-24-27-30-33-36(3)5-2/h10-11,36H,4-9,12-35H2,1-3H3. The third-order valence-electron chi connectivity index (χ3n) is 8.44. The van der Waals surface area contributed by atoms with Gasteiger partial charge < -0.3 is 4.74 Å². The molecule has 2 heteroatoms. The number of esters is 1. The van der Waals surface area contributed by atoms with Crippen LogP contribution in [0, 0.1) is 5.92 Å². The van der Waals surface area contributed by atoms with Gasteiger partial charge in [-0.15, -0.1) is 0 Å². The van der Waals surface area contributed by atoms with Crippen LogP contribution in [0.25, 0.3) is 0 Å². The molecule has 0 saturated carbocycles. The minimum absolute atomic E-state index is 0.0224. The van der Waals surface area contributed by atoms with E-state index >= 15 is 0 Å². The highest BCUT2D eigenvalue weighted by Crippen LogP contribution is 2.16. The molecule has 2 nitrogen and oxygen atoms in total. The maximum Gasteiger partial charge on any atom is 0.305 e. The van der Waals surface area contributed by atoms with E-state index in [1.54, 1.807) is 0 Å². The number of ether oxygens (including phenoxy) is 1. The van der Waals surface area contributed by atoms with Gasteiger partial charge in [0.15, 0.2) is 0 Å². The molecule has 0 aliphatic heterocycles. The molecule has 0 aromatic heterocycles. The SMILES string of the molecule is CCCCCCC=CCCCCCCCCCCCC(=O)OCCCCCCCCCCCCCC(C)CC. The minimum atomic E-state index is 0.0224. The summed E-state index contributed by atoms with van der Waals surface area (Å²) < 4.78 is 5.44. The lowest BCUT2D eigenvalue weighted by Gasteiger charge is -2.07. The maximum absolute atomic E-state index is 11.9. The monoisotopic (exact) mass is 549 g/mol. The van der Waals surface area contributed by atoms with Crippen molar-refractivity contribution >= 4 is 5.97 Å². The molecular weight excluding hydrogens is 476 g/mol. The predicted molar refractivity (Wildman–Crippen MR) is 175 cm³/mol. The van der Waals surface area contributed by atoms with Crippen molar-refractivity contribution < 1.29 is 9.53 Å². The Morgan fingerprint density at radius 1 is 0.538 bits per heavy atom. The van der Waals surface area contributed by atoms with Crippen LogP contribution in [-0.2, 0) is 9.53 Å². The molecule has 0 amide bonds. The predicted octanol–water partition coefficient (Wildman–Crippen LogP) is 13.1. The summed E-state index contributed by atoms with van der Waals surface area (Å²) in [4.78, 5) is 11.9. The Labute approximate surface area is 246 Å². The molecule has 0 aliphatic carbocycles. The van der Waals surface area contributed by atoms with Crippen LogP contribution in [-0.4, -0.2) is 12.6 Å². The van der Waals surface area contributed by atoms with Crippen LogP contribution in [0.15, 0.2) is 12.2 Å². The molecule has 0 aromatic rings. The highest BCUT2D eigenvalue weighted by molar-refractivity contribution is 5.69. The van der Waals surface area contributed by atoms with Crippen molar-refractivity contribution in [1.82, 2.24) is 0 Å². The lowest BCUT2D eigenvalue weighted by molar-refractivity contribution is -0.143. The fourth-order valence-corrected chi connectivity index (χ4v) is 5.34. The number of unbranched alkanes of at least 4 members (excludes halogenated alkanes) is 23. The first-order valence-electron chi connectivity index (χ1n) is 18.0. The van der Waals surface area contributed by atoms with E-state index in [0.717, 1.165) is 18.8 Å². The zero-order valence-corrected chi connectivity index (χ0v) is 27.3. The molecular formula is C37H72O2. The average molecular weight is 549 g/mol. The average Bonchev–Trinajstić information content (AvgIpc) is 2.94. The van der Waals surface area contributed by atoms with Gasteiger partial charge in [0.2, 0.25) is 0 Å². The van der Waals surface area contributed by atoms with Crippen LogP contribution < -0.4 is 0 Å². The highest BCUT2D eigenvalue weighted by Gasteiger charge is 2.03. The van der Waals surface area contributed by atoms with Crippen molar-refractivity contribution in [3.63, 3.8) is 0 Å². The number of carbonyl (C=O) groups excluding carboxylic acids is 1. The third-order valence-corrected chi connectivity index (χ3v) is 8.44. The Morgan fingerprint density at radius 2 is 0.949 bits per heavy atom. The van der Waals surface area contributed by atoms with Crippen molar-refractivity contribution in [2.45, 2.75) is 207 Å². The van der Waals surface area contributed by atoms with Crippen LogP contribution in [0.1, 0.15) is 207 Å². The molecule has 1 unspecified atom stereocenters. The molecule has 0 spiro atoms. The van der Waals surface area contributed by atoms with Gasteiger partial charge in [-0.3, -0.25) is 4.79 Å². The number of hydrogen-bond acceptors (Lipinski definition) is 2. The maximum atomic E-state index is 11.9. The van der Waals surface area contributed by atoms with E-state index in [9.17, 15) is 4.79 Å².